The van der Waals surface area contributed by atoms with E-state index in [1.165, 1.54) is 13.2 Å². The molecule has 1 amide bonds. The zero-order valence-corrected chi connectivity index (χ0v) is 14.5. The SMILES string of the molecule is COC(=O)c1ccc(CNC(=O)CN[C@@H](C)c2ccc(F)c(F)c2)cc1. The van der Waals surface area contributed by atoms with Crippen LogP contribution in [0.1, 0.15) is 34.5 Å². The number of methoxy groups -OCH3 is 1. The second-order valence-electron chi connectivity index (χ2n) is 5.74. The highest BCUT2D eigenvalue weighted by Gasteiger charge is 2.11. The molecule has 5 nitrogen and oxygen atoms in total. The third kappa shape index (κ3) is 5.35. The molecule has 0 aliphatic rings. The van der Waals surface area contributed by atoms with Crippen LogP contribution in [0.5, 0.6) is 0 Å². The third-order valence-electron chi connectivity index (χ3n) is 3.88. The van der Waals surface area contributed by atoms with Gasteiger partial charge < -0.3 is 15.4 Å². The Balaban J connectivity index is 1.79. The minimum atomic E-state index is -0.920. The van der Waals surface area contributed by atoms with Gasteiger partial charge in [-0.15, -0.1) is 0 Å². The van der Waals surface area contributed by atoms with Crippen molar-refractivity contribution >= 4 is 11.9 Å². The minimum Gasteiger partial charge on any atom is -0.465 e. The molecular weight excluding hydrogens is 342 g/mol. The summed E-state index contributed by atoms with van der Waals surface area (Å²) in [5.41, 5.74) is 1.82. The van der Waals surface area contributed by atoms with E-state index in [2.05, 4.69) is 15.4 Å². The molecule has 138 valence electrons. The van der Waals surface area contributed by atoms with Gasteiger partial charge in [0.15, 0.2) is 11.6 Å². The highest BCUT2D eigenvalue weighted by Crippen LogP contribution is 2.15. The molecule has 0 aromatic heterocycles. The van der Waals surface area contributed by atoms with Crippen LogP contribution in [0.4, 0.5) is 8.78 Å². The number of ether oxygens (including phenoxy) is 1. The number of rotatable bonds is 7. The first-order valence-corrected chi connectivity index (χ1v) is 8.03. The van der Waals surface area contributed by atoms with Crippen LogP contribution in [0.25, 0.3) is 0 Å². The molecule has 0 radical (unpaired) electrons. The van der Waals surface area contributed by atoms with E-state index in [9.17, 15) is 18.4 Å². The Morgan fingerprint density at radius 3 is 2.38 bits per heavy atom. The molecule has 0 saturated carbocycles. The maximum Gasteiger partial charge on any atom is 0.337 e. The summed E-state index contributed by atoms with van der Waals surface area (Å²) < 4.78 is 30.8. The fraction of sp³-hybridized carbons (Fsp3) is 0.263. The zero-order chi connectivity index (χ0) is 19.1. The molecule has 0 fully saturated rings. The van der Waals surface area contributed by atoms with Crippen molar-refractivity contribution in [3.05, 3.63) is 70.8 Å². The van der Waals surface area contributed by atoms with Crippen LogP contribution in [-0.2, 0) is 16.1 Å². The van der Waals surface area contributed by atoms with E-state index in [0.717, 1.165) is 17.7 Å². The van der Waals surface area contributed by atoms with E-state index in [1.807, 2.05) is 0 Å². The molecule has 2 N–H and O–H groups in total. The van der Waals surface area contributed by atoms with Gasteiger partial charge in [0.2, 0.25) is 5.91 Å². The van der Waals surface area contributed by atoms with E-state index in [1.54, 1.807) is 31.2 Å². The summed E-state index contributed by atoms with van der Waals surface area (Å²) in [4.78, 5) is 23.3. The maximum absolute atomic E-state index is 13.2. The van der Waals surface area contributed by atoms with Crippen LogP contribution in [-0.4, -0.2) is 25.5 Å². The van der Waals surface area contributed by atoms with Crippen LogP contribution < -0.4 is 10.6 Å². The number of amides is 1. The van der Waals surface area contributed by atoms with Crippen LogP contribution in [0.2, 0.25) is 0 Å². The van der Waals surface area contributed by atoms with Gasteiger partial charge in [-0.05, 0) is 42.3 Å². The summed E-state index contributed by atoms with van der Waals surface area (Å²) in [6.45, 7) is 2.09. The van der Waals surface area contributed by atoms with Crippen molar-refractivity contribution in [3.63, 3.8) is 0 Å². The second-order valence-corrected chi connectivity index (χ2v) is 5.74. The van der Waals surface area contributed by atoms with Gasteiger partial charge in [0.25, 0.3) is 0 Å². The summed E-state index contributed by atoms with van der Waals surface area (Å²) in [6, 6.07) is 10.0. The third-order valence-corrected chi connectivity index (χ3v) is 3.88. The predicted molar refractivity (Wildman–Crippen MR) is 92.4 cm³/mol. The van der Waals surface area contributed by atoms with Crippen molar-refractivity contribution in [2.24, 2.45) is 0 Å². The van der Waals surface area contributed by atoms with Crippen molar-refractivity contribution in [1.82, 2.24) is 10.6 Å². The van der Waals surface area contributed by atoms with Gasteiger partial charge in [0.1, 0.15) is 0 Å². The molecular formula is C19H20F2N2O3. The standard InChI is InChI=1S/C19H20F2N2O3/c1-12(15-7-8-16(20)17(21)9-15)22-11-18(24)23-10-13-3-5-14(6-4-13)19(25)26-2/h3-9,12,22H,10-11H2,1-2H3,(H,23,24)/t12-/m0/s1. The number of benzene rings is 2. The molecule has 0 aliphatic heterocycles. The van der Waals surface area contributed by atoms with Gasteiger partial charge in [-0.1, -0.05) is 18.2 Å². The molecule has 0 aliphatic carbocycles. The topological polar surface area (TPSA) is 67.4 Å². The van der Waals surface area contributed by atoms with Gasteiger partial charge in [0, 0.05) is 12.6 Å². The Hall–Kier alpha value is -2.80. The fourth-order valence-corrected chi connectivity index (χ4v) is 2.29. The lowest BCUT2D eigenvalue weighted by atomic mass is 10.1. The van der Waals surface area contributed by atoms with Crippen LogP contribution in [0.3, 0.4) is 0 Å². The number of esters is 1. The number of carbonyl (C=O) groups is 2. The Labute approximate surface area is 150 Å². The van der Waals surface area contributed by atoms with E-state index >= 15 is 0 Å². The van der Waals surface area contributed by atoms with Crippen molar-refractivity contribution in [2.45, 2.75) is 19.5 Å². The minimum absolute atomic E-state index is 0.0282. The Morgan fingerprint density at radius 2 is 1.77 bits per heavy atom. The predicted octanol–water partition coefficient (Wildman–Crippen LogP) is 2.72. The summed E-state index contributed by atoms with van der Waals surface area (Å²) in [5.74, 6) is -2.49. The summed E-state index contributed by atoms with van der Waals surface area (Å²) in [6.07, 6.45) is 0. The quantitative estimate of drug-likeness (QED) is 0.744. The first-order chi connectivity index (χ1) is 12.4. The molecule has 0 saturated heterocycles. The van der Waals surface area contributed by atoms with E-state index < -0.39 is 17.6 Å². The van der Waals surface area contributed by atoms with E-state index in [-0.39, 0.29) is 18.5 Å². The number of nitrogens with one attached hydrogen (secondary N) is 2. The number of hydrogen-bond donors (Lipinski definition) is 2. The van der Waals surface area contributed by atoms with Gasteiger partial charge >= 0.3 is 5.97 Å². The van der Waals surface area contributed by atoms with E-state index in [0.29, 0.717) is 17.7 Å². The van der Waals surface area contributed by atoms with Crippen molar-refractivity contribution in [3.8, 4) is 0 Å². The molecule has 2 aromatic carbocycles. The maximum atomic E-state index is 13.2. The Morgan fingerprint density at radius 1 is 1.08 bits per heavy atom. The van der Waals surface area contributed by atoms with Gasteiger partial charge in [-0.3, -0.25) is 4.79 Å². The highest BCUT2D eigenvalue weighted by atomic mass is 19.2. The molecule has 0 bridgehead atoms. The van der Waals surface area contributed by atoms with Crippen molar-refractivity contribution in [1.29, 1.82) is 0 Å². The number of halogens is 2. The van der Waals surface area contributed by atoms with Gasteiger partial charge in [-0.2, -0.15) is 0 Å². The molecule has 26 heavy (non-hydrogen) atoms. The molecule has 1 atom stereocenters. The van der Waals surface area contributed by atoms with Crippen molar-refractivity contribution < 1.29 is 23.1 Å². The molecule has 7 heteroatoms. The highest BCUT2D eigenvalue weighted by molar-refractivity contribution is 5.89. The van der Waals surface area contributed by atoms with Crippen LogP contribution in [0, 0.1) is 11.6 Å². The molecule has 0 spiro atoms. The summed E-state index contributed by atoms with van der Waals surface area (Å²) in [5, 5.41) is 5.69. The number of carbonyl (C=O) groups excluding carboxylic acids is 2. The lowest BCUT2D eigenvalue weighted by Gasteiger charge is -2.14. The second kappa shape index (κ2) is 9.05. The lowest BCUT2D eigenvalue weighted by Crippen LogP contribution is -2.34. The molecule has 0 unspecified atom stereocenters. The van der Waals surface area contributed by atoms with Crippen molar-refractivity contribution in [2.75, 3.05) is 13.7 Å². The Kier molecular flexibility index (Phi) is 6.80. The smallest absolute Gasteiger partial charge is 0.337 e. The first kappa shape index (κ1) is 19.5. The average molecular weight is 362 g/mol. The fourth-order valence-electron chi connectivity index (χ4n) is 2.29. The largest absolute Gasteiger partial charge is 0.465 e. The molecule has 2 aromatic rings. The normalized spacial score (nSPS) is 11.7. The zero-order valence-electron chi connectivity index (χ0n) is 14.5. The first-order valence-electron chi connectivity index (χ1n) is 8.03. The average Bonchev–Trinajstić information content (AvgIpc) is 2.66. The Bertz CT molecular complexity index is 779. The number of hydrogen-bond acceptors (Lipinski definition) is 4. The lowest BCUT2D eigenvalue weighted by molar-refractivity contribution is -0.120. The van der Waals surface area contributed by atoms with Gasteiger partial charge in [0.05, 0.1) is 19.2 Å². The van der Waals surface area contributed by atoms with Crippen LogP contribution >= 0.6 is 0 Å². The van der Waals surface area contributed by atoms with E-state index in [4.69, 9.17) is 0 Å². The van der Waals surface area contributed by atoms with Gasteiger partial charge in [-0.25, -0.2) is 13.6 Å². The summed E-state index contributed by atoms with van der Waals surface area (Å²) in [7, 11) is 1.31. The molecule has 0 heterocycles. The summed E-state index contributed by atoms with van der Waals surface area (Å²) >= 11 is 0. The molecule has 2 rings (SSSR count). The van der Waals surface area contributed by atoms with Crippen LogP contribution in [0.15, 0.2) is 42.5 Å². The monoisotopic (exact) mass is 362 g/mol.